The second kappa shape index (κ2) is 10.2. The fourth-order valence-electron chi connectivity index (χ4n) is 2.79. The molecule has 0 fully saturated rings. The molecule has 0 aliphatic heterocycles. The van der Waals surface area contributed by atoms with Gasteiger partial charge in [-0.15, -0.1) is 0 Å². The minimum Gasteiger partial charge on any atom is -0.383 e. The molecule has 0 spiro atoms. The minimum atomic E-state index is 0.286. The van der Waals surface area contributed by atoms with Gasteiger partial charge < -0.3 is 10.1 Å². The predicted octanol–water partition coefficient (Wildman–Crippen LogP) is 4.71. The van der Waals surface area contributed by atoms with Crippen LogP contribution in [0.15, 0.2) is 24.3 Å². The second-order valence-electron chi connectivity index (χ2n) is 5.89. The van der Waals surface area contributed by atoms with Crippen LogP contribution in [-0.4, -0.2) is 26.8 Å². The Kier molecular flexibility index (Phi) is 8.98. The molecular weight excluding hydrogens is 282 g/mol. The molecule has 3 heteroatoms. The van der Waals surface area contributed by atoms with Crippen molar-refractivity contribution in [2.75, 3.05) is 26.8 Å². The first kappa shape index (κ1) is 18.5. The summed E-state index contributed by atoms with van der Waals surface area (Å²) < 4.78 is 5.13. The van der Waals surface area contributed by atoms with E-state index >= 15 is 0 Å². The number of unbranched alkanes of at least 4 members (excludes halogenated alkanes) is 1. The second-order valence-corrected chi connectivity index (χ2v) is 6.30. The Morgan fingerprint density at radius 1 is 1.24 bits per heavy atom. The number of ether oxygens (including phenoxy) is 1. The average molecular weight is 312 g/mol. The van der Waals surface area contributed by atoms with Crippen molar-refractivity contribution in [2.45, 2.75) is 46.0 Å². The molecule has 120 valence electrons. The molecule has 0 saturated heterocycles. The van der Waals surface area contributed by atoms with Crippen molar-refractivity contribution in [3.05, 3.63) is 34.9 Å². The lowest BCUT2D eigenvalue weighted by Crippen LogP contribution is -2.37. The Bertz CT molecular complexity index is 397. The summed E-state index contributed by atoms with van der Waals surface area (Å²) in [5, 5.41) is 4.45. The van der Waals surface area contributed by atoms with Crippen molar-refractivity contribution in [2.24, 2.45) is 5.41 Å². The number of halogens is 1. The van der Waals surface area contributed by atoms with Gasteiger partial charge in [-0.05, 0) is 36.3 Å². The molecule has 0 bridgehead atoms. The maximum absolute atomic E-state index is 6.36. The topological polar surface area (TPSA) is 21.3 Å². The number of hydrogen-bond acceptors (Lipinski definition) is 2. The van der Waals surface area contributed by atoms with E-state index in [0.29, 0.717) is 0 Å². The molecule has 21 heavy (non-hydrogen) atoms. The summed E-state index contributed by atoms with van der Waals surface area (Å²) in [6, 6.07) is 8.24. The molecule has 0 aromatic heterocycles. The summed E-state index contributed by atoms with van der Waals surface area (Å²) in [5.74, 6) is 0. The summed E-state index contributed by atoms with van der Waals surface area (Å²) in [7, 11) is 1.75. The normalized spacial score (nSPS) is 14.1. The minimum absolute atomic E-state index is 0.286. The van der Waals surface area contributed by atoms with E-state index in [0.717, 1.165) is 37.6 Å². The van der Waals surface area contributed by atoms with Gasteiger partial charge in [-0.1, -0.05) is 56.5 Å². The zero-order valence-electron chi connectivity index (χ0n) is 13.8. The van der Waals surface area contributed by atoms with E-state index in [-0.39, 0.29) is 5.41 Å². The largest absolute Gasteiger partial charge is 0.383 e. The van der Waals surface area contributed by atoms with Crippen LogP contribution in [0.3, 0.4) is 0 Å². The first-order valence-corrected chi connectivity index (χ1v) is 8.48. The van der Waals surface area contributed by atoms with Crippen molar-refractivity contribution in [3.63, 3.8) is 0 Å². The number of methoxy groups -OCH3 is 1. The van der Waals surface area contributed by atoms with Crippen LogP contribution in [0.4, 0.5) is 0 Å². The molecule has 0 saturated carbocycles. The Hall–Kier alpha value is -0.570. The highest BCUT2D eigenvalue weighted by molar-refractivity contribution is 6.31. The monoisotopic (exact) mass is 311 g/mol. The fourth-order valence-corrected chi connectivity index (χ4v) is 2.99. The quantitative estimate of drug-likeness (QED) is 0.598. The van der Waals surface area contributed by atoms with E-state index in [1.807, 2.05) is 12.1 Å². The van der Waals surface area contributed by atoms with Crippen LogP contribution in [-0.2, 0) is 11.2 Å². The van der Waals surface area contributed by atoms with Gasteiger partial charge in [-0.25, -0.2) is 0 Å². The van der Waals surface area contributed by atoms with Gasteiger partial charge in [0.25, 0.3) is 0 Å². The van der Waals surface area contributed by atoms with Crippen LogP contribution in [0.2, 0.25) is 5.02 Å². The van der Waals surface area contributed by atoms with E-state index < -0.39 is 0 Å². The van der Waals surface area contributed by atoms with E-state index in [9.17, 15) is 0 Å². The molecule has 2 nitrogen and oxygen atoms in total. The van der Waals surface area contributed by atoms with Crippen LogP contribution >= 0.6 is 11.6 Å². The van der Waals surface area contributed by atoms with Crippen LogP contribution in [0.1, 0.15) is 45.1 Å². The van der Waals surface area contributed by atoms with Gasteiger partial charge in [-0.2, -0.15) is 0 Å². The molecular formula is C18H30ClNO. The molecule has 1 N–H and O–H groups in total. The number of hydrogen-bond donors (Lipinski definition) is 1. The smallest absolute Gasteiger partial charge is 0.0587 e. The molecule has 1 unspecified atom stereocenters. The highest BCUT2D eigenvalue weighted by atomic mass is 35.5. The van der Waals surface area contributed by atoms with Crippen LogP contribution in [0, 0.1) is 5.41 Å². The molecule has 1 aromatic carbocycles. The summed E-state index contributed by atoms with van der Waals surface area (Å²) in [6.45, 7) is 7.25. The maximum atomic E-state index is 6.36. The number of nitrogens with one attached hydrogen (secondary N) is 1. The Morgan fingerprint density at radius 3 is 2.62 bits per heavy atom. The van der Waals surface area contributed by atoms with Gasteiger partial charge in [0.2, 0.25) is 0 Å². The van der Waals surface area contributed by atoms with E-state index in [4.69, 9.17) is 16.3 Å². The molecule has 0 amide bonds. The first-order chi connectivity index (χ1) is 10.2. The van der Waals surface area contributed by atoms with Gasteiger partial charge in [-0.3, -0.25) is 0 Å². The van der Waals surface area contributed by atoms with E-state index in [2.05, 4.69) is 31.3 Å². The lowest BCUT2D eigenvalue weighted by molar-refractivity contribution is 0.182. The summed E-state index contributed by atoms with van der Waals surface area (Å²) in [6.07, 6.45) is 5.96. The predicted molar refractivity (Wildman–Crippen MR) is 92.2 cm³/mol. The zero-order chi connectivity index (χ0) is 15.6. The molecule has 0 radical (unpaired) electrons. The Labute approximate surface area is 135 Å². The highest BCUT2D eigenvalue weighted by Gasteiger charge is 2.28. The SMILES string of the molecule is CCCCC(CC)(CNCCOC)Cc1ccccc1Cl. The molecule has 0 heterocycles. The lowest BCUT2D eigenvalue weighted by atomic mass is 9.75. The zero-order valence-corrected chi connectivity index (χ0v) is 14.5. The van der Waals surface area contributed by atoms with Crippen LogP contribution in [0.5, 0.6) is 0 Å². The van der Waals surface area contributed by atoms with Gasteiger partial charge in [0.1, 0.15) is 0 Å². The molecule has 1 rings (SSSR count). The third-order valence-electron chi connectivity index (χ3n) is 4.32. The van der Waals surface area contributed by atoms with Crippen LogP contribution in [0.25, 0.3) is 0 Å². The third kappa shape index (κ3) is 6.37. The van der Waals surface area contributed by atoms with Crippen molar-refractivity contribution in [3.8, 4) is 0 Å². The molecule has 1 atom stereocenters. The van der Waals surface area contributed by atoms with Gasteiger partial charge >= 0.3 is 0 Å². The van der Waals surface area contributed by atoms with Crippen molar-refractivity contribution in [1.29, 1.82) is 0 Å². The first-order valence-electron chi connectivity index (χ1n) is 8.10. The van der Waals surface area contributed by atoms with Gasteiger partial charge in [0.05, 0.1) is 6.61 Å². The van der Waals surface area contributed by atoms with Crippen molar-refractivity contribution < 1.29 is 4.74 Å². The average Bonchev–Trinajstić information content (AvgIpc) is 2.51. The van der Waals surface area contributed by atoms with Gasteiger partial charge in [0.15, 0.2) is 0 Å². The van der Waals surface area contributed by atoms with Crippen molar-refractivity contribution >= 4 is 11.6 Å². The lowest BCUT2D eigenvalue weighted by Gasteiger charge is -2.34. The fraction of sp³-hybridized carbons (Fsp3) is 0.667. The number of benzene rings is 1. The molecule has 0 aliphatic carbocycles. The van der Waals surface area contributed by atoms with Crippen LogP contribution < -0.4 is 5.32 Å². The highest BCUT2D eigenvalue weighted by Crippen LogP contribution is 2.34. The van der Waals surface area contributed by atoms with Crippen molar-refractivity contribution in [1.82, 2.24) is 5.32 Å². The summed E-state index contributed by atoms with van der Waals surface area (Å²) >= 11 is 6.36. The molecule has 0 aliphatic rings. The number of rotatable bonds is 11. The third-order valence-corrected chi connectivity index (χ3v) is 4.69. The Morgan fingerprint density at radius 2 is 2.00 bits per heavy atom. The van der Waals surface area contributed by atoms with E-state index in [1.165, 1.54) is 24.8 Å². The maximum Gasteiger partial charge on any atom is 0.0587 e. The van der Waals surface area contributed by atoms with E-state index in [1.54, 1.807) is 7.11 Å². The molecule has 1 aromatic rings. The summed E-state index contributed by atoms with van der Waals surface area (Å²) in [5.41, 5.74) is 1.56. The summed E-state index contributed by atoms with van der Waals surface area (Å²) in [4.78, 5) is 0. The standard InChI is InChI=1S/C18H30ClNO/c1-4-6-11-18(5-2,15-20-12-13-21-3)14-16-9-7-8-10-17(16)19/h7-10,20H,4-6,11-15H2,1-3H3. The van der Waals surface area contributed by atoms with Gasteiger partial charge in [0, 0.05) is 25.2 Å². The Balaban J connectivity index is 2.76.